The number of allylic oxidation sites excluding steroid dienone is 6. The van der Waals surface area contributed by atoms with Crippen LogP contribution in [0, 0.1) is 0 Å². The first-order valence-electron chi connectivity index (χ1n) is 6.01. The van der Waals surface area contributed by atoms with Crippen molar-refractivity contribution >= 4 is 28.9 Å². The maximum atomic E-state index is 9.56. The van der Waals surface area contributed by atoms with Gasteiger partial charge in [-0.25, -0.2) is 4.68 Å². The van der Waals surface area contributed by atoms with Crippen LogP contribution in [0.15, 0.2) is 28.3 Å². The molecule has 1 aromatic rings. The van der Waals surface area contributed by atoms with Gasteiger partial charge in [0, 0.05) is 11.5 Å². The first-order chi connectivity index (χ1) is 9.04. The third-order valence-corrected chi connectivity index (χ3v) is 3.48. The van der Waals surface area contributed by atoms with Gasteiger partial charge in [-0.15, -0.1) is 5.10 Å². The summed E-state index contributed by atoms with van der Waals surface area (Å²) in [6.45, 7) is 3.87. The molecule has 0 fully saturated rings. The molecule has 1 aliphatic rings. The van der Waals surface area contributed by atoms with Crippen LogP contribution in [-0.4, -0.2) is 20.1 Å². The maximum Gasteiger partial charge on any atom is 0.0931 e. The van der Waals surface area contributed by atoms with Gasteiger partial charge in [0.2, 0.25) is 0 Å². The van der Waals surface area contributed by atoms with E-state index in [0.29, 0.717) is 22.2 Å². The van der Waals surface area contributed by atoms with Crippen molar-refractivity contribution in [1.29, 1.82) is 0 Å². The summed E-state index contributed by atoms with van der Waals surface area (Å²) >= 11 is 12.3. The fourth-order valence-corrected chi connectivity index (χ4v) is 2.36. The molecular weight excluding hydrogens is 285 g/mol. The Bertz CT molecular complexity index is 570. The van der Waals surface area contributed by atoms with Crippen LogP contribution < -0.4 is 0 Å². The van der Waals surface area contributed by atoms with E-state index in [9.17, 15) is 5.11 Å². The molecule has 0 radical (unpaired) electrons. The summed E-state index contributed by atoms with van der Waals surface area (Å²) in [6, 6.07) is 0. The highest BCUT2D eigenvalue weighted by molar-refractivity contribution is 6.35. The zero-order valence-corrected chi connectivity index (χ0v) is 12.3. The van der Waals surface area contributed by atoms with E-state index >= 15 is 0 Å². The summed E-state index contributed by atoms with van der Waals surface area (Å²) in [5, 5.41) is 19.0. The minimum absolute atomic E-state index is 0.140. The third kappa shape index (κ3) is 2.91. The van der Waals surface area contributed by atoms with Crippen molar-refractivity contribution in [1.82, 2.24) is 15.0 Å². The molecule has 4 nitrogen and oxygen atoms in total. The van der Waals surface area contributed by atoms with E-state index < -0.39 is 0 Å². The Morgan fingerprint density at radius 3 is 2.79 bits per heavy atom. The molecule has 0 aromatic carbocycles. The molecule has 0 bridgehead atoms. The van der Waals surface area contributed by atoms with Crippen LogP contribution in [0.25, 0.3) is 5.70 Å². The second-order valence-electron chi connectivity index (χ2n) is 4.59. The standard InChI is InChI=1S/C13H15Cl2N3O/c1-8(2)13-12(7-19)18(17-16-13)11-6-9(14)4-3-5-10(11)15/h3-5,8,19H,6-7H2,1-2H3. The van der Waals surface area contributed by atoms with E-state index in [1.54, 1.807) is 22.9 Å². The first-order valence-corrected chi connectivity index (χ1v) is 6.77. The van der Waals surface area contributed by atoms with Crippen LogP contribution in [0.2, 0.25) is 0 Å². The van der Waals surface area contributed by atoms with Gasteiger partial charge in [0.15, 0.2) is 0 Å². The van der Waals surface area contributed by atoms with Gasteiger partial charge in [0.05, 0.1) is 28.7 Å². The van der Waals surface area contributed by atoms with E-state index in [2.05, 4.69) is 10.3 Å². The molecule has 1 heterocycles. The number of rotatable bonds is 3. The number of halogens is 2. The highest BCUT2D eigenvalue weighted by atomic mass is 35.5. The minimum Gasteiger partial charge on any atom is -0.390 e. The summed E-state index contributed by atoms with van der Waals surface area (Å²) < 4.78 is 1.59. The lowest BCUT2D eigenvalue weighted by atomic mass is 10.1. The van der Waals surface area contributed by atoms with Crippen molar-refractivity contribution in [3.8, 4) is 0 Å². The average molecular weight is 300 g/mol. The Hall–Kier alpha value is -1.10. The predicted molar refractivity (Wildman–Crippen MR) is 76.8 cm³/mol. The molecule has 0 saturated heterocycles. The molecule has 0 saturated carbocycles. The first kappa shape index (κ1) is 14.3. The lowest BCUT2D eigenvalue weighted by molar-refractivity contribution is 0.271. The Morgan fingerprint density at radius 1 is 1.42 bits per heavy atom. The SMILES string of the molecule is CC(C)c1nnn(C2=C(Cl)C=CC=C(Cl)C2)c1CO. The Morgan fingerprint density at radius 2 is 2.16 bits per heavy atom. The molecule has 0 amide bonds. The molecule has 0 atom stereocenters. The van der Waals surface area contributed by atoms with Crippen LogP contribution in [0.5, 0.6) is 0 Å². The highest BCUT2D eigenvalue weighted by Crippen LogP contribution is 2.30. The van der Waals surface area contributed by atoms with Crippen molar-refractivity contribution in [3.63, 3.8) is 0 Å². The van der Waals surface area contributed by atoms with Crippen molar-refractivity contribution in [2.45, 2.75) is 32.8 Å². The largest absolute Gasteiger partial charge is 0.390 e. The number of aliphatic hydroxyl groups excluding tert-OH is 1. The number of hydrogen-bond donors (Lipinski definition) is 1. The second-order valence-corrected chi connectivity index (χ2v) is 5.48. The Labute approximate surface area is 122 Å². The molecule has 0 aliphatic heterocycles. The van der Waals surface area contributed by atoms with Gasteiger partial charge in [-0.1, -0.05) is 48.3 Å². The molecule has 0 unspecified atom stereocenters. The smallest absolute Gasteiger partial charge is 0.0931 e. The quantitative estimate of drug-likeness (QED) is 0.931. The molecule has 6 heteroatoms. The normalized spacial score (nSPS) is 16.0. The van der Waals surface area contributed by atoms with Gasteiger partial charge in [0.25, 0.3) is 0 Å². The van der Waals surface area contributed by atoms with E-state index in [0.717, 1.165) is 11.4 Å². The highest BCUT2D eigenvalue weighted by Gasteiger charge is 2.20. The summed E-state index contributed by atoms with van der Waals surface area (Å²) in [7, 11) is 0. The molecule has 102 valence electrons. The zero-order chi connectivity index (χ0) is 14.0. The van der Waals surface area contributed by atoms with Gasteiger partial charge in [-0.3, -0.25) is 0 Å². The molecule has 0 spiro atoms. The Balaban J connectivity index is 2.52. The van der Waals surface area contributed by atoms with Crippen molar-refractivity contribution < 1.29 is 5.11 Å². The van der Waals surface area contributed by atoms with Gasteiger partial charge in [-0.05, 0) is 18.1 Å². The zero-order valence-electron chi connectivity index (χ0n) is 10.8. The molecular formula is C13H15Cl2N3O. The van der Waals surface area contributed by atoms with Gasteiger partial charge >= 0.3 is 0 Å². The summed E-state index contributed by atoms with van der Waals surface area (Å²) in [5.41, 5.74) is 2.15. The molecule has 19 heavy (non-hydrogen) atoms. The molecule has 1 aromatic heterocycles. The fraction of sp³-hybridized carbons (Fsp3) is 0.385. The van der Waals surface area contributed by atoms with E-state index in [1.807, 2.05) is 13.8 Å². The van der Waals surface area contributed by atoms with Crippen LogP contribution in [0.4, 0.5) is 0 Å². The lowest BCUT2D eigenvalue weighted by Crippen LogP contribution is -2.07. The maximum absolute atomic E-state index is 9.56. The van der Waals surface area contributed by atoms with Gasteiger partial charge < -0.3 is 5.11 Å². The average Bonchev–Trinajstić information content (AvgIpc) is 2.71. The van der Waals surface area contributed by atoms with Crippen LogP contribution in [-0.2, 0) is 6.61 Å². The van der Waals surface area contributed by atoms with Crippen LogP contribution in [0.1, 0.15) is 37.6 Å². The molecule has 1 N–H and O–H groups in total. The van der Waals surface area contributed by atoms with Gasteiger partial charge in [0.1, 0.15) is 0 Å². The van der Waals surface area contributed by atoms with E-state index in [1.165, 1.54) is 0 Å². The second kappa shape index (κ2) is 5.90. The van der Waals surface area contributed by atoms with Crippen molar-refractivity contribution in [2.24, 2.45) is 0 Å². The number of aromatic nitrogens is 3. The monoisotopic (exact) mass is 299 g/mol. The number of nitrogens with zero attached hydrogens (tertiary/aromatic N) is 3. The Kier molecular flexibility index (Phi) is 4.45. The third-order valence-electron chi connectivity index (χ3n) is 2.88. The van der Waals surface area contributed by atoms with Crippen molar-refractivity contribution in [2.75, 3.05) is 0 Å². The topological polar surface area (TPSA) is 50.9 Å². The molecule has 2 rings (SSSR count). The predicted octanol–water partition coefficient (Wildman–Crippen LogP) is 3.38. The van der Waals surface area contributed by atoms with Gasteiger partial charge in [-0.2, -0.15) is 0 Å². The van der Waals surface area contributed by atoms with E-state index in [-0.39, 0.29) is 12.5 Å². The summed E-state index contributed by atoms with van der Waals surface area (Å²) in [4.78, 5) is 0. The minimum atomic E-state index is -0.140. The fourth-order valence-electron chi connectivity index (χ4n) is 1.94. The number of hydrogen-bond acceptors (Lipinski definition) is 3. The van der Waals surface area contributed by atoms with Crippen LogP contribution in [0.3, 0.4) is 0 Å². The van der Waals surface area contributed by atoms with E-state index in [4.69, 9.17) is 23.2 Å². The molecule has 1 aliphatic carbocycles. The summed E-state index contributed by atoms with van der Waals surface area (Å²) in [5.74, 6) is 0.183. The summed E-state index contributed by atoms with van der Waals surface area (Å²) in [6.07, 6.45) is 5.79. The van der Waals surface area contributed by atoms with Crippen molar-refractivity contribution in [3.05, 3.63) is 39.7 Å². The lowest BCUT2D eigenvalue weighted by Gasteiger charge is -2.11. The van der Waals surface area contributed by atoms with Crippen LogP contribution >= 0.6 is 23.2 Å². The number of aliphatic hydroxyl groups is 1.